The number of hydrogen-bond donors (Lipinski definition) is 0. The summed E-state index contributed by atoms with van der Waals surface area (Å²) in [4.78, 5) is 0. The second-order valence-corrected chi connectivity index (χ2v) is 4.35. The van der Waals surface area contributed by atoms with Crippen molar-refractivity contribution in [1.82, 2.24) is 31.1 Å². The van der Waals surface area contributed by atoms with Gasteiger partial charge in [0.25, 0.3) is 0 Å². The fourth-order valence-corrected chi connectivity index (χ4v) is 1.34. The average molecular weight is 344 g/mol. The van der Waals surface area contributed by atoms with Crippen molar-refractivity contribution in [2.45, 2.75) is 0 Å². The lowest BCUT2D eigenvalue weighted by Crippen LogP contribution is -1.85. The minimum Gasteiger partial charge on any atom is -0.137 e. The molecule has 0 aliphatic carbocycles. The van der Waals surface area contributed by atoms with Crippen LogP contribution in [-0.2, 0) is 0 Å². The van der Waals surface area contributed by atoms with E-state index in [2.05, 4.69) is 31.1 Å². The molecule has 0 saturated heterocycles. The zero-order valence-corrected chi connectivity index (χ0v) is 14.2. The van der Waals surface area contributed by atoms with Crippen LogP contribution in [0.2, 0.25) is 0 Å². The molecule has 130 valence electrons. The topological polar surface area (TPSA) is 77.3 Å². The molecule has 1 rings (SSSR count). The third-order valence-corrected chi connectivity index (χ3v) is 2.42. The zero-order chi connectivity index (χ0) is 18.4. The third-order valence-electron chi connectivity index (χ3n) is 2.42. The predicted octanol–water partition coefficient (Wildman–Crippen LogP) is 3.68. The van der Waals surface area contributed by atoms with Crippen LogP contribution in [0.1, 0.15) is 0 Å². The highest BCUT2D eigenvalue weighted by Gasteiger charge is 1.61. The van der Waals surface area contributed by atoms with E-state index in [1.54, 1.807) is 12.1 Å². The lowest BCUT2D eigenvalue weighted by Gasteiger charge is -1.69. The van der Waals surface area contributed by atoms with E-state index >= 15 is 0 Å². The van der Waals surface area contributed by atoms with Gasteiger partial charge in [-0.05, 0) is 33.0 Å². The lowest BCUT2D eigenvalue weighted by molar-refractivity contribution is 0.695. The van der Waals surface area contributed by atoms with Crippen molar-refractivity contribution in [2.75, 3.05) is 0 Å². The summed E-state index contributed by atoms with van der Waals surface area (Å²) in [6, 6.07) is 34.1. The largest absolute Gasteiger partial charge is 0.137 e. The van der Waals surface area contributed by atoms with Gasteiger partial charge in [0.15, 0.2) is 0 Å². The van der Waals surface area contributed by atoms with Crippen molar-refractivity contribution < 1.29 is 0 Å². The van der Waals surface area contributed by atoms with Gasteiger partial charge in [0.2, 0.25) is 0 Å². The molecule has 0 N–H and O–H groups in total. The molecule has 1 heterocycles. The molecule has 0 spiro atoms. The van der Waals surface area contributed by atoms with Gasteiger partial charge in [-0.1, -0.05) is 97.1 Å². The second-order valence-electron chi connectivity index (χ2n) is 4.35. The van der Waals surface area contributed by atoms with Crippen LogP contribution in [0, 0.1) is 0 Å². The highest BCUT2D eigenvalue weighted by Crippen LogP contribution is 1.79. The highest BCUT2D eigenvalue weighted by atomic mass is 15.5. The Balaban J connectivity index is 3.00. The smallest absolute Gasteiger partial charge is 0.0514 e. The van der Waals surface area contributed by atoms with Crippen LogP contribution in [0.15, 0.2) is 122 Å². The molecule has 0 saturated carbocycles. The van der Waals surface area contributed by atoms with Crippen LogP contribution in [0.5, 0.6) is 0 Å². The number of aromatic nitrogens is 6. The van der Waals surface area contributed by atoms with Gasteiger partial charge < -0.3 is 0 Å². The van der Waals surface area contributed by atoms with Gasteiger partial charge in [0, 0.05) is 0 Å². The molecule has 6 nitrogen and oxygen atoms in total. The monoisotopic (exact) mass is 344 g/mol. The summed E-state index contributed by atoms with van der Waals surface area (Å²) < 4.78 is 0. The first-order valence-corrected chi connectivity index (χ1v) is 7.85. The Hall–Kier alpha value is -3.80. The van der Waals surface area contributed by atoms with Gasteiger partial charge in [0.05, 0.1) is 12.4 Å². The van der Waals surface area contributed by atoms with Crippen molar-refractivity contribution in [3.8, 4) is 0 Å². The van der Waals surface area contributed by atoms with E-state index in [1.807, 2.05) is 97.1 Å². The van der Waals surface area contributed by atoms with E-state index in [0.29, 0.717) is 0 Å². The Morgan fingerprint density at radius 3 is 0.731 bits per heavy atom. The van der Waals surface area contributed by atoms with Gasteiger partial charge in [-0.2, -0.15) is 0 Å². The number of hydrogen-bond acceptors (Lipinski definition) is 6. The number of nitrogens with zero attached hydrogens (tertiary/aromatic N) is 6. The van der Waals surface area contributed by atoms with Crippen molar-refractivity contribution in [2.24, 2.45) is 0 Å². The molecule has 26 heavy (non-hydrogen) atoms. The van der Waals surface area contributed by atoms with Gasteiger partial charge >= 0.3 is 0 Å². The summed E-state index contributed by atoms with van der Waals surface area (Å²) in [5, 5.41) is 20.9. The van der Waals surface area contributed by atoms with Crippen LogP contribution in [-0.4, -0.2) is 31.1 Å². The molecule has 0 radical (unpaired) electrons. The first-order valence-electron chi connectivity index (χ1n) is 7.85. The zero-order valence-electron chi connectivity index (χ0n) is 14.2. The molecule has 0 aromatic carbocycles. The van der Waals surface area contributed by atoms with Gasteiger partial charge in [-0.3, -0.25) is 0 Å². The maximum absolute atomic E-state index is 3.66. The molecule has 0 aliphatic heterocycles. The number of rotatable bonds is 0. The fourth-order valence-electron chi connectivity index (χ4n) is 1.34. The van der Waals surface area contributed by atoms with Gasteiger partial charge in [-0.25, -0.2) is 0 Å². The van der Waals surface area contributed by atoms with Crippen molar-refractivity contribution in [3.05, 3.63) is 122 Å². The summed E-state index contributed by atoms with van der Waals surface area (Å²) in [6.07, 6.45) is 2.98. The molecular formula is C20H20N6. The van der Waals surface area contributed by atoms with E-state index in [9.17, 15) is 0 Å². The van der Waals surface area contributed by atoms with Gasteiger partial charge in [0.1, 0.15) is 0 Å². The van der Waals surface area contributed by atoms with Crippen molar-refractivity contribution >= 4 is 0 Å². The molecule has 0 aliphatic rings. The molecule has 0 bridgehead atoms. The highest BCUT2D eigenvalue weighted by molar-refractivity contribution is 4.98. The summed E-state index contributed by atoms with van der Waals surface area (Å²) in [5.41, 5.74) is 0. The van der Waals surface area contributed by atoms with E-state index in [1.165, 1.54) is 12.4 Å². The molecule has 0 fully saturated rings. The predicted molar refractivity (Wildman–Crippen MR) is 101 cm³/mol. The Bertz CT molecular complexity index is 476. The summed E-state index contributed by atoms with van der Waals surface area (Å²) >= 11 is 0. The van der Waals surface area contributed by atoms with Crippen LogP contribution in [0.4, 0.5) is 0 Å². The van der Waals surface area contributed by atoms with E-state index in [-0.39, 0.29) is 0 Å². The quantitative estimate of drug-likeness (QED) is 0.714. The van der Waals surface area contributed by atoms with Crippen LogP contribution < -0.4 is 0 Å². The van der Waals surface area contributed by atoms with E-state index in [4.69, 9.17) is 0 Å². The minimum absolute atomic E-state index is 1.49. The third kappa shape index (κ3) is 15.1. The lowest BCUT2D eigenvalue weighted by atomic mass is 10.4. The van der Waals surface area contributed by atoms with E-state index in [0.717, 1.165) is 0 Å². The SMILES string of the molecule is c1ccccccccccnnnnnnccccccccc1. The second kappa shape index (κ2) is 17.6. The van der Waals surface area contributed by atoms with Crippen LogP contribution in [0.3, 0.4) is 0 Å². The van der Waals surface area contributed by atoms with Crippen molar-refractivity contribution in [3.63, 3.8) is 0 Å². The Morgan fingerprint density at radius 1 is 0.231 bits per heavy atom. The minimum atomic E-state index is 1.49. The standard InChI is InChI=1S/C20H20N6/c1-2-4-6-8-10-12-14-16-18-20-22-24-26-25-23-21-19-17-15-13-11-9-7-5-3-1/h1-20H. The Kier molecular flexibility index (Phi) is 13.7. The summed E-state index contributed by atoms with van der Waals surface area (Å²) in [5.74, 6) is 0. The molecule has 6 heteroatoms. The summed E-state index contributed by atoms with van der Waals surface area (Å²) in [7, 11) is 0. The molecule has 1 aromatic rings. The fraction of sp³-hybridized carbons (Fsp3) is 0. The Morgan fingerprint density at radius 2 is 0.462 bits per heavy atom. The maximum Gasteiger partial charge on any atom is 0.0514 e. The molecular weight excluding hydrogens is 324 g/mol. The van der Waals surface area contributed by atoms with Gasteiger partial charge in [-0.15, -0.1) is 10.2 Å². The first-order chi connectivity index (χ1) is 13.0. The molecule has 0 atom stereocenters. The van der Waals surface area contributed by atoms with Crippen LogP contribution in [0.25, 0.3) is 0 Å². The normalized spacial score (nSPS) is 8.00. The van der Waals surface area contributed by atoms with E-state index < -0.39 is 0 Å². The first kappa shape index (κ1) is 20.2. The van der Waals surface area contributed by atoms with Crippen LogP contribution >= 0.6 is 0 Å². The summed E-state index contributed by atoms with van der Waals surface area (Å²) in [6.45, 7) is 0. The van der Waals surface area contributed by atoms with Crippen molar-refractivity contribution in [1.29, 1.82) is 0 Å². The Labute approximate surface area is 153 Å². The molecule has 1 aromatic heterocycles. The maximum atomic E-state index is 3.66. The molecule has 0 amide bonds. The molecule has 0 unspecified atom stereocenters. The average Bonchev–Trinajstić information content (AvgIpc) is 2.65.